The quantitative estimate of drug-likeness (QED) is 0.815. The van der Waals surface area contributed by atoms with Crippen molar-refractivity contribution in [2.45, 2.75) is 65.0 Å². The zero-order valence-corrected chi connectivity index (χ0v) is 12.1. The van der Waals surface area contributed by atoms with E-state index in [9.17, 15) is 4.79 Å². The predicted octanol–water partition coefficient (Wildman–Crippen LogP) is 2.41. The number of nitrogens with zero attached hydrogens (tertiary/aromatic N) is 1. The molecular formula is C15H28N2O. The molecule has 2 atom stereocenters. The molecule has 2 unspecified atom stereocenters. The van der Waals surface area contributed by atoms with E-state index in [0.29, 0.717) is 11.9 Å². The van der Waals surface area contributed by atoms with E-state index in [2.05, 4.69) is 31.0 Å². The second-order valence-corrected chi connectivity index (χ2v) is 6.33. The fraction of sp³-hybridized carbons (Fsp3) is 0.933. The first-order valence-electron chi connectivity index (χ1n) is 7.65. The Morgan fingerprint density at radius 3 is 2.56 bits per heavy atom. The van der Waals surface area contributed by atoms with Gasteiger partial charge in [0.25, 0.3) is 0 Å². The van der Waals surface area contributed by atoms with Gasteiger partial charge in [-0.25, -0.2) is 0 Å². The summed E-state index contributed by atoms with van der Waals surface area (Å²) in [5, 5.41) is 3.42. The number of hydrogen-bond donors (Lipinski definition) is 1. The van der Waals surface area contributed by atoms with Crippen LogP contribution < -0.4 is 5.32 Å². The van der Waals surface area contributed by atoms with Crippen LogP contribution in [0.2, 0.25) is 0 Å². The van der Waals surface area contributed by atoms with Crippen LogP contribution in [0.3, 0.4) is 0 Å². The van der Waals surface area contributed by atoms with Gasteiger partial charge in [0.05, 0.1) is 6.04 Å². The Labute approximate surface area is 111 Å². The largest absolute Gasteiger partial charge is 0.339 e. The first-order valence-corrected chi connectivity index (χ1v) is 7.65. The summed E-state index contributed by atoms with van der Waals surface area (Å²) in [6.45, 7) is 8.50. The lowest BCUT2D eigenvalue weighted by Gasteiger charge is -2.35. The minimum Gasteiger partial charge on any atom is -0.339 e. The van der Waals surface area contributed by atoms with E-state index in [1.807, 2.05) is 0 Å². The van der Waals surface area contributed by atoms with Crippen LogP contribution >= 0.6 is 0 Å². The molecule has 1 saturated carbocycles. The van der Waals surface area contributed by atoms with Crippen LogP contribution in [0.25, 0.3) is 0 Å². The molecule has 2 aliphatic rings. The first-order chi connectivity index (χ1) is 8.61. The monoisotopic (exact) mass is 252 g/mol. The average Bonchev–Trinajstić information content (AvgIpc) is 3.19. The summed E-state index contributed by atoms with van der Waals surface area (Å²) in [5.74, 6) is 1.85. The average molecular weight is 252 g/mol. The van der Waals surface area contributed by atoms with Crippen molar-refractivity contribution in [2.24, 2.45) is 11.8 Å². The van der Waals surface area contributed by atoms with Crippen molar-refractivity contribution >= 4 is 5.91 Å². The number of carbonyl (C=O) groups is 1. The van der Waals surface area contributed by atoms with Crippen molar-refractivity contribution in [1.82, 2.24) is 10.2 Å². The summed E-state index contributed by atoms with van der Waals surface area (Å²) in [5.41, 5.74) is 0. The molecule has 104 valence electrons. The second-order valence-electron chi connectivity index (χ2n) is 6.33. The van der Waals surface area contributed by atoms with Gasteiger partial charge in [0, 0.05) is 12.6 Å². The molecule has 18 heavy (non-hydrogen) atoms. The van der Waals surface area contributed by atoms with Crippen LogP contribution in [-0.2, 0) is 4.79 Å². The molecule has 0 spiro atoms. The van der Waals surface area contributed by atoms with Crippen molar-refractivity contribution in [1.29, 1.82) is 0 Å². The Bertz CT molecular complexity index is 286. The van der Waals surface area contributed by atoms with Crippen LogP contribution in [0.15, 0.2) is 0 Å². The van der Waals surface area contributed by atoms with Crippen LogP contribution in [0.5, 0.6) is 0 Å². The number of nitrogens with one attached hydrogen (secondary N) is 1. The van der Waals surface area contributed by atoms with Gasteiger partial charge < -0.3 is 10.2 Å². The Hall–Kier alpha value is -0.570. The first kappa shape index (κ1) is 13.9. The highest BCUT2D eigenvalue weighted by Gasteiger charge is 2.33. The smallest absolute Gasteiger partial charge is 0.239 e. The van der Waals surface area contributed by atoms with Crippen LogP contribution in [0, 0.1) is 11.8 Å². The minimum atomic E-state index is 0.0739. The molecule has 0 aromatic rings. The third-order valence-corrected chi connectivity index (χ3v) is 4.45. The maximum Gasteiger partial charge on any atom is 0.239 e. The maximum absolute atomic E-state index is 12.6. The van der Waals surface area contributed by atoms with E-state index in [4.69, 9.17) is 0 Å². The SMILES string of the molecule is CCC1CCNC(C(=O)N(CC2CC2)C(C)C)C1. The van der Waals surface area contributed by atoms with E-state index in [1.54, 1.807) is 0 Å². The van der Waals surface area contributed by atoms with E-state index in [0.717, 1.165) is 31.3 Å². The van der Waals surface area contributed by atoms with Gasteiger partial charge in [-0.15, -0.1) is 0 Å². The number of hydrogen-bond acceptors (Lipinski definition) is 2. The molecule has 0 aromatic heterocycles. The van der Waals surface area contributed by atoms with E-state index >= 15 is 0 Å². The Balaban J connectivity index is 1.93. The van der Waals surface area contributed by atoms with Crippen LogP contribution in [-0.4, -0.2) is 36.0 Å². The highest BCUT2D eigenvalue weighted by Crippen LogP contribution is 2.31. The number of rotatable bonds is 5. The van der Waals surface area contributed by atoms with Crippen molar-refractivity contribution in [3.05, 3.63) is 0 Å². The normalized spacial score (nSPS) is 28.4. The van der Waals surface area contributed by atoms with Gasteiger partial charge in [0.1, 0.15) is 0 Å². The van der Waals surface area contributed by atoms with Gasteiger partial charge >= 0.3 is 0 Å². The number of amides is 1. The lowest BCUT2D eigenvalue weighted by Crippen LogP contribution is -2.52. The van der Waals surface area contributed by atoms with E-state index < -0.39 is 0 Å². The zero-order chi connectivity index (χ0) is 13.1. The highest BCUT2D eigenvalue weighted by molar-refractivity contribution is 5.82. The van der Waals surface area contributed by atoms with Crippen LogP contribution in [0.1, 0.15) is 52.9 Å². The third-order valence-electron chi connectivity index (χ3n) is 4.45. The summed E-state index contributed by atoms with van der Waals surface area (Å²) in [6.07, 6.45) is 6.09. The standard InChI is InChI=1S/C15H28N2O/c1-4-12-7-8-16-14(9-12)15(18)17(11(2)3)10-13-5-6-13/h11-14,16H,4-10H2,1-3H3. The number of carbonyl (C=O) groups excluding carboxylic acids is 1. The molecule has 2 fully saturated rings. The second kappa shape index (κ2) is 6.05. The molecular weight excluding hydrogens is 224 g/mol. The summed E-state index contributed by atoms with van der Waals surface area (Å²) >= 11 is 0. The molecule has 1 aliphatic carbocycles. The molecule has 1 aliphatic heterocycles. The predicted molar refractivity (Wildman–Crippen MR) is 74.4 cm³/mol. The lowest BCUT2D eigenvalue weighted by molar-refractivity contribution is -0.136. The molecule has 2 rings (SSSR count). The summed E-state index contributed by atoms with van der Waals surface area (Å²) in [4.78, 5) is 14.7. The molecule has 1 amide bonds. The summed E-state index contributed by atoms with van der Waals surface area (Å²) in [7, 11) is 0. The van der Waals surface area contributed by atoms with Crippen molar-refractivity contribution in [3.8, 4) is 0 Å². The minimum absolute atomic E-state index is 0.0739. The summed E-state index contributed by atoms with van der Waals surface area (Å²) < 4.78 is 0. The van der Waals surface area contributed by atoms with Gasteiger partial charge in [0.15, 0.2) is 0 Å². The van der Waals surface area contributed by atoms with Gasteiger partial charge in [-0.1, -0.05) is 13.3 Å². The Morgan fingerprint density at radius 1 is 1.28 bits per heavy atom. The Morgan fingerprint density at radius 2 is 2.00 bits per heavy atom. The van der Waals surface area contributed by atoms with Crippen molar-refractivity contribution < 1.29 is 4.79 Å². The lowest BCUT2D eigenvalue weighted by atomic mass is 9.89. The fourth-order valence-corrected chi connectivity index (χ4v) is 2.89. The van der Waals surface area contributed by atoms with Gasteiger partial charge in [-0.05, 0) is 57.9 Å². The van der Waals surface area contributed by atoms with Gasteiger partial charge in [0.2, 0.25) is 5.91 Å². The van der Waals surface area contributed by atoms with Gasteiger partial charge in [-0.2, -0.15) is 0 Å². The van der Waals surface area contributed by atoms with Gasteiger partial charge in [-0.3, -0.25) is 4.79 Å². The van der Waals surface area contributed by atoms with E-state index in [1.165, 1.54) is 25.7 Å². The Kier molecular flexibility index (Phi) is 4.66. The maximum atomic E-state index is 12.6. The molecule has 0 aromatic carbocycles. The highest BCUT2D eigenvalue weighted by atomic mass is 16.2. The van der Waals surface area contributed by atoms with Crippen LogP contribution in [0.4, 0.5) is 0 Å². The molecule has 1 saturated heterocycles. The van der Waals surface area contributed by atoms with Crippen molar-refractivity contribution in [2.75, 3.05) is 13.1 Å². The number of piperidine rings is 1. The summed E-state index contributed by atoms with van der Waals surface area (Å²) in [6, 6.07) is 0.409. The van der Waals surface area contributed by atoms with Crippen molar-refractivity contribution in [3.63, 3.8) is 0 Å². The third kappa shape index (κ3) is 3.47. The molecule has 3 nitrogen and oxygen atoms in total. The molecule has 3 heteroatoms. The molecule has 1 N–H and O–H groups in total. The van der Waals surface area contributed by atoms with E-state index in [-0.39, 0.29) is 6.04 Å². The fourth-order valence-electron chi connectivity index (χ4n) is 2.89. The zero-order valence-electron chi connectivity index (χ0n) is 12.1. The molecule has 0 bridgehead atoms. The topological polar surface area (TPSA) is 32.3 Å². The molecule has 0 radical (unpaired) electrons. The molecule has 1 heterocycles.